The van der Waals surface area contributed by atoms with E-state index >= 15 is 0 Å². The summed E-state index contributed by atoms with van der Waals surface area (Å²) in [6, 6.07) is 17.0. The summed E-state index contributed by atoms with van der Waals surface area (Å²) >= 11 is 1.16. The zero-order chi connectivity index (χ0) is 25.7. The lowest BCUT2D eigenvalue weighted by Crippen LogP contribution is -2.50. The third-order valence-electron chi connectivity index (χ3n) is 5.76. The van der Waals surface area contributed by atoms with E-state index in [1.165, 1.54) is 16.6 Å². The Balaban J connectivity index is 1.41. The van der Waals surface area contributed by atoms with Gasteiger partial charge in [-0.3, -0.25) is 14.4 Å². The lowest BCUT2D eigenvalue weighted by atomic mass is 10.2. The molecule has 0 bridgehead atoms. The summed E-state index contributed by atoms with van der Waals surface area (Å²) in [4.78, 5) is 44.9. The van der Waals surface area contributed by atoms with Crippen LogP contribution in [-0.2, 0) is 35.5 Å². The van der Waals surface area contributed by atoms with Crippen LogP contribution in [0.15, 0.2) is 59.6 Å². The molecule has 2 heterocycles. The topological polar surface area (TPSA) is 118 Å². The van der Waals surface area contributed by atoms with E-state index in [1.807, 2.05) is 42.5 Å². The fourth-order valence-electron chi connectivity index (χ4n) is 3.96. The molecule has 2 aromatic carbocycles. The Hall–Kier alpha value is -3.51. The van der Waals surface area contributed by atoms with Crippen LogP contribution in [0.25, 0.3) is 10.2 Å². The van der Waals surface area contributed by atoms with Gasteiger partial charge in [0.05, 0.1) is 17.3 Å². The zero-order valence-electron chi connectivity index (χ0n) is 19.7. The number of aromatic nitrogens is 1. The second-order valence-corrected chi connectivity index (χ2v) is 11.3. The van der Waals surface area contributed by atoms with Gasteiger partial charge in [0.2, 0.25) is 5.91 Å². The minimum absolute atomic E-state index is 0.174. The summed E-state index contributed by atoms with van der Waals surface area (Å²) in [6.07, 6.45) is 0. The van der Waals surface area contributed by atoms with Gasteiger partial charge < -0.3 is 19.1 Å². The summed E-state index contributed by atoms with van der Waals surface area (Å²) in [7, 11) is -2.78. The first kappa shape index (κ1) is 25.6. The highest BCUT2D eigenvalue weighted by molar-refractivity contribution is 7.92. The normalized spacial score (nSPS) is 14.8. The maximum absolute atomic E-state index is 12.7. The molecule has 0 aliphatic carbocycles. The van der Waals surface area contributed by atoms with Crippen molar-refractivity contribution in [2.45, 2.75) is 6.54 Å². The second-order valence-electron chi connectivity index (χ2n) is 8.26. The van der Waals surface area contributed by atoms with E-state index < -0.39 is 39.1 Å². The Morgan fingerprint density at radius 2 is 1.61 bits per heavy atom. The molecule has 1 aliphatic heterocycles. The molecule has 0 saturated carbocycles. The monoisotopic (exact) mass is 530 g/mol. The number of hydrogen-bond acceptors (Lipinski definition) is 8. The van der Waals surface area contributed by atoms with Crippen LogP contribution in [0, 0.1) is 0 Å². The number of fused-ring (bicyclic) bond motifs is 1. The first-order valence-electron chi connectivity index (χ1n) is 11.3. The molecule has 1 fully saturated rings. The molecule has 0 spiro atoms. The zero-order valence-corrected chi connectivity index (χ0v) is 21.3. The van der Waals surface area contributed by atoms with Crippen molar-refractivity contribution in [1.29, 1.82) is 0 Å². The number of carbonyl (C=O) groups is 3. The molecule has 10 nitrogen and oxygen atoms in total. The SMILES string of the molecule is COC(=O)Cn1c(=NC(=O)CS(=O)(=O)CC(=O)N2CCN(c3ccccc3)CC2)sc2ccccc21. The number of benzene rings is 2. The van der Waals surface area contributed by atoms with E-state index in [9.17, 15) is 22.8 Å². The Labute approximate surface area is 212 Å². The van der Waals surface area contributed by atoms with Gasteiger partial charge in [-0.2, -0.15) is 4.99 Å². The molecule has 3 aromatic rings. The van der Waals surface area contributed by atoms with Crippen LogP contribution < -0.4 is 9.70 Å². The fourth-order valence-corrected chi connectivity index (χ4v) is 6.11. The van der Waals surface area contributed by atoms with Gasteiger partial charge in [-0.1, -0.05) is 41.7 Å². The second kappa shape index (κ2) is 11.0. The lowest BCUT2D eigenvalue weighted by Gasteiger charge is -2.36. The quantitative estimate of drug-likeness (QED) is 0.419. The van der Waals surface area contributed by atoms with Gasteiger partial charge in [0.25, 0.3) is 5.91 Å². The summed E-state index contributed by atoms with van der Waals surface area (Å²) in [5, 5.41) is 0. The van der Waals surface area contributed by atoms with Crippen LogP contribution in [0.3, 0.4) is 0 Å². The molecule has 0 unspecified atom stereocenters. The highest BCUT2D eigenvalue weighted by atomic mass is 32.2. The van der Waals surface area contributed by atoms with Crippen molar-refractivity contribution in [2.75, 3.05) is 49.7 Å². The largest absolute Gasteiger partial charge is 0.468 e. The van der Waals surface area contributed by atoms with E-state index in [0.717, 1.165) is 21.7 Å². The molecule has 1 aromatic heterocycles. The molecule has 1 saturated heterocycles. The van der Waals surface area contributed by atoms with Crippen molar-refractivity contribution in [3.05, 3.63) is 59.4 Å². The number of anilines is 1. The number of thiazole rings is 1. The molecule has 0 atom stereocenters. The van der Waals surface area contributed by atoms with Gasteiger partial charge in [-0.25, -0.2) is 8.42 Å². The van der Waals surface area contributed by atoms with Crippen molar-refractivity contribution >= 4 is 54.9 Å². The van der Waals surface area contributed by atoms with Crippen LogP contribution in [-0.4, -0.2) is 80.5 Å². The summed E-state index contributed by atoms with van der Waals surface area (Å²) in [5.41, 5.74) is 1.72. The number of nitrogens with zero attached hydrogens (tertiary/aromatic N) is 4. The number of methoxy groups -OCH3 is 1. The number of sulfone groups is 1. The van der Waals surface area contributed by atoms with Crippen LogP contribution in [0.5, 0.6) is 0 Å². The molecule has 0 radical (unpaired) electrons. The van der Waals surface area contributed by atoms with Crippen molar-refractivity contribution in [3.8, 4) is 0 Å². The first-order valence-corrected chi connectivity index (χ1v) is 13.9. The van der Waals surface area contributed by atoms with Gasteiger partial charge in [0.1, 0.15) is 18.1 Å². The summed E-state index contributed by atoms with van der Waals surface area (Å²) in [6.45, 7) is 1.81. The number of hydrogen-bond donors (Lipinski definition) is 0. The molecule has 0 N–H and O–H groups in total. The first-order chi connectivity index (χ1) is 17.3. The number of carbonyl (C=O) groups excluding carboxylic acids is 3. The maximum atomic E-state index is 12.7. The average Bonchev–Trinajstić information content (AvgIpc) is 3.20. The molecule has 2 amide bonds. The molecule has 12 heteroatoms. The van der Waals surface area contributed by atoms with Gasteiger partial charge in [-0.05, 0) is 24.3 Å². The maximum Gasteiger partial charge on any atom is 0.325 e. The van der Waals surface area contributed by atoms with E-state index in [4.69, 9.17) is 4.74 Å². The fraction of sp³-hybridized carbons (Fsp3) is 0.333. The summed E-state index contributed by atoms with van der Waals surface area (Å²) < 4.78 is 32.3. The third kappa shape index (κ3) is 6.18. The minimum atomic E-state index is -4.03. The molecule has 4 rings (SSSR count). The number of esters is 1. The van der Waals surface area contributed by atoms with Crippen molar-refractivity contribution < 1.29 is 27.5 Å². The number of para-hydroxylation sites is 2. The minimum Gasteiger partial charge on any atom is -0.468 e. The van der Waals surface area contributed by atoms with Gasteiger partial charge in [0, 0.05) is 31.9 Å². The van der Waals surface area contributed by atoms with Crippen LogP contribution >= 0.6 is 11.3 Å². The third-order valence-corrected chi connectivity index (χ3v) is 8.20. The number of ether oxygens (including phenoxy) is 1. The highest BCUT2D eigenvalue weighted by Crippen LogP contribution is 2.17. The molecule has 1 aliphatic rings. The van der Waals surface area contributed by atoms with Crippen LogP contribution in [0.1, 0.15) is 0 Å². The van der Waals surface area contributed by atoms with Crippen LogP contribution in [0.4, 0.5) is 5.69 Å². The van der Waals surface area contributed by atoms with E-state index in [-0.39, 0.29) is 11.3 Å². The van der Waals surface area contributed by atoms with Crippen LogP contribution in [0.2, 0.25) is 0 Å². The molecular formula is C24H26N4O6S2. The smallest absolute Gasteiger partial charge is 0.325 e. The van der Waals surface area contributed by atoms with Crippen molar-refractivity contribution in [3.63, 3.8) is 0 Å². The molecule has 190 valence electrons. The van der Waals surface area contributed by atoms with Gasteiger partial charge in [-0.15, -0.1) is 0 Å². The van der Waals surface area contributed by atoms with Crippen molar-refractivity contribution in [1.82, 2.24) is 9.47 Å². The average molecular weight is 531 g/mol. The van der Waals surface area contributed by atoms with E-state index in [2.05, 4.69) is 9.89 Å². The molecule has 36 heavy (non-hydrogen) atoms. The van der Waals surface area contributed by atoms with E-state index in [0.29, 0.717) is 31.7 Å². The number of piperazine rings is 1. The Morgan fingerprint density at radius 3 is 2.31 bits per heavy atom. The highest BCUT2D eigenvalue weighted by Gasteiger charge is 2.27. The number of amides is 2. The lowest BCUT2D eigenvalue weighted by molar-refractivity contribution is -0.141. The van der Waals surface area contributed by atoms with E-state index in [1.54, 1.807) is 12.1 Å². The Bertz CT molecular complexity index is 1440. The van der Waals surface area contributed by atoms with Gasteiger partial charge in [0.15, 0.2) is 14.6 Å². The molecular weight excluding hydrogens is 504 g/mol. The number of rotatable bonds is 7. The summed E-state index contributed by atoms with van der Waals surface area (Å²) in [5.74, 6) is -3.61. The Kier molecular flexibility index (Phi) is 7.85. The predicted octanol–water partition coefficient (Wildman–Crippen LogP) is 1.07. The van der Waals surface area contributed by atoms with Gasteiger partial charge >= 0.3 is 5.97 Å². The Morgan fingerprint density at radius 1 is 0.944 bits per heavy atom. The standard InChI is InChI=1S/C24H26N4O6S2/c1-34-23(31)15-28-19-9-5-6-10-20(19)35-24(28)25-21(29)16-36(32,33)17-22(30)27-13-11-26(12-14-27)18-7-3-2-4-8-18/h2-10H,11-17H2,1H3. The van der Waals surface area contributed by atoms with Crippen molar-refractivity contribution in [2.24, 2.45) is 4.99 Å². The predicted molar refractivity (Wildman–Crippen MR) is 136 cm³/mol.